The van der Waals surface area contributed by atoms with E-state index in [1.165, 1.54) is 19.3 Å². The van der Waals surface area contributed by atoms with Crippen LogP contribution in [0.2, 0.25) is 0 Å². The van der Waals surface area contributed by atoms with Gasteiger partial charge in [0.05, 0.1) is 12.7 Å². The molecule has 2 rings (SSSR count). The quantitative estimate of drug-likeness (QED) is 0.462. The molecule has 1 saturated carbocycles. The van der Waals surface area contributed by atoms with Gasteiger partial charge in [0.1, 0.15) is 0 Å². The first-order chi connectivity index (χ1) is 3.81. The maximum absolute atomic E-state index is 5.43. The Kier molecular flexibility index (Phi) is 0.762. The van der Waals surface area contributed by atoms with E-state index in [2.05, 4.69) is 6.92 Å². The van der Waals surface area contributed by atoms with Crippen molar-refractivity contribution in [1.29, 1.82) is 0 Å². The van der Waals surface area contributed by atoms with Crippen LogP contribution in [0, 0.1) is 5.41 Å². The standard InChI is InChI=1S/C7H12O/c1-6-4-7(2-3-7)5-8-6/h6H,2-5H2,1H3. The van der Waals surface area contributed by atoms with Crippen molar-refractivity contribution in [3.8, 4) is 0 Å². The molecule has 46 valence electrons. The molecule has 0 N–H and O–H groups in total. The maximum Gasteiger partial charge on any atom is 0.0553 e. The third-order valence-electron chi connectivity index (χ3n) is 2.35. The molecule has 0 aromatic rings. The summed E-state index contributed by atoms with van der Waals surface area (Å²) in [7, 11) is 0. The monoisotopic (exact) mass is 112 g/mol. The Bertz CT molecular complexity index is 105. The second kappa shape index (κ2) is 1.27. The van der Waals surface area contributed by atoms with Crippen molar-refractivity contribution in [3.63, 3.8) is 0 Å². The Balaban J connectivity index is 2.03. The van der Waals surface area contributed by atoms with Crippen LogP contribution in [0.1, 0.15) is 26.2 Å². The largest absolute Gasteiger partial charge is 0.378 e. The van der Waals surface area contributed by atoms with Crippen LogP contribution in [0.15, 0.2) is 0 Å². The minimum Gasteiger partial charge on any atom is -0.378 e. The summed E-state index contributed by atoms with van der Waals surface area (Å²) in [6, 6.07) is 0. The molecule has 0 bridgehead atoms. The SMILES string of the molecule is CC1CC2(CC2)CO1. The van der Waals surface area contributed by atoms with E-state index in [-0.39, 0.29) is 0 Å². The fourth-order valence-electron chi connectivity index (χ4n) is 1.57. The first-order valence-electron chi connectivity index (χ1n) is 3.42. The molecule has 0 aromatic carbocycles. The highest BCUT2D eigenvalue weighted by molar-refractivity contribution is 4.97. The van der Waals surface area contributed by atoms with Crippen LogP contribution in [0.25, 0.3) is 0 Å². The molecule has 1 aliphatic carbocycles. The highest BCUT2D eigenvalue weighted by Gasteiger charge is 2.47. The summed E-state index contributed by atoms with van der Waals surface area (Å²) in [5.41, 5.74) is 0.694. The molecule has 1 aliphatic heterocycles. The molecular formula is C7H12O. The van der Waals surface area contributed by atoms with E-state index in [1.807, 2.05) is 0 Å². The molecule has 1 atom stereocenters. The van der Waals surface area contributed by atoms with Crippen molar-refractivity contribution >= 4 is 0 Å². The third kappa shape index (κ3) is 0.576. The van der Waals surface area contributed by atoms with Gasteiger partial charge >= 0.3 is 0 Å². The number of hydrogen-bond acceptors (Lipinski definition) is 1. The fourth-order valence-corrected chi connectivity index (χ4v) is 1.57. The van der Waals surface area contributed by atoms with Crippen molar-refractivity contribution in [3.05, 3.63) is 0 Å². The van der Waals surface area contributed by atoms with Gasteiger partial charge in [-0.2, -0.15) is 0 Å². The highest BCUT2D eigenvalue weighted by Crippen LogP contribution is 2.53. The van der Waals surface area contributed by atoms with E-state index in [9.17, 15) is 0 Å². The zero-order chi connectivity index (χ0) is 5.61. The molecule has 1 heteroatoms. The van der Waals surface area contributed by atoms with Crippen LogP contribution in [0.3, 0.4) is 0 Å². The summed E-state index contributed by atoms with van der Waals surface area (Å²) < 4.78 is 5.43. The van der Waals surface area contributed by atoms with Crippen molar-refractivity contribution in [2.75, 3.05) is 6.61 Å². The maximum atomic E-state index is 5.43. The van der Waals surface area contributed by atoms with Crippen LogP contribution in [-0.2, 0) is 4.74 Å². The van der Waals surface area contributed by atoms with Crippen molar-refractivity contribution < 1.29 is 4.74 Å². The normalized spacial score (nSPS) is 40.9. The summed E-state index contributed by atoms with van der Waals surface area (Å²) in [4.78, 5) is 0. The van der Waals surface area contributed by atoms with Crippen LogP contribution >= 0.6 is 0 Å². The lowest BCUT2D eigenvalue weighted by Gasteiger charge is -1.97. The minimum atomic E-state index is 0.553. The summed E-state index contributed by atoms with van der Waals surface area (Å²) in [6.07, 6.45) is 4.74. The molecule has 2 aliphatic rings. The van der Waals surface area contributed by atoms with Gasteiger partial charge < -0.3 is 4.74 Å². The first-order valence-corrected chi connectivity index (χ1v) is 3.42. The molecule has 1 spiro atoms. The Morgan fingerprint density at radius 2 is 2.25 bits per heavy atom. The van der Waals surface area contributed by atoms with Crippen molar-refractivity contribution in [1.82, 2.24) is 0 Å². The lowest BCUT2D eigenvalue weighted by atomic mass is 10.0. The van der Waals surface area contributed by atoms with Crippen LogP contribution in [0.4, 0.5) is 0 Å². The molecule has 1 unspecified atom stereocenters. The van der Waals surface area contributed by atoms with E-state index in [1.54, 1.807) is 0 Å². The molecule has 2 fully saturated rings. The van der Waals surface area contributed by atoms with Crippen molar-refractivity contribution in [2.24, 2.45) is 5.41 Å². The average Bonchev–Trinajstić information content (AvgIpc) is 2.34. The van der Waals surface area contributed by atoms with Gasteiger partial charge in [0.15, 0.2) is 0 Å². The first kappa shape index (κ1) is 4.80. The highest BCUT2D eigenvalue weighted by atomic mass is 16.5. The number of hydrogen-bond donors (Lipinski definition) is 0. The average molecular weight is 112 g/mol. The summed E-state index contributed by atoms with van der Waals surface area (Å²) in [5.74, 6) is 0. The molecule has 1 nitrogen and oxygen atoms in total. The summed E-state index contributed by atoms with van der Waals surface area (Å²) >= 11 is 0. The Morgan fingerprint density at radius 1 is 1.50 bits per heavy atom. The van der Waals surface area contributed by atoms with E-state index in [0.29, 0.717) is 11.5 Å². The van der Waals surface area contributed by atoms with Gasteiger partial charge in [-0.3, -0.25) is 0 Å². The van der Waals surface area contributed by atoms with Gasteiger partial charge in [0.2, 0.25) is 0 Å². The zero-order valence-corrected chi connectivity index (χ0v) is 5.31. The van der Waals surface area contributed by atoms with Crippen LogP contribution < -0.4 is 0 Å². The molecule has 0 amide bonds. The van der Waals surface area contributed by atoms with Gasteiger partial charge in [-0.1, -0.05) is 0 Å². The topological polar surface area (TPSA) is 9.23 Å². The van der Waals surface area contributed by atoms with Gasteiger partial charge in [0.25, 0.3) is 0 Å². The summed E-state index contributed by atoms with van der Waals surface area (Å²) in [6.45, 7) is 3.22. The molecule has 1 saturated heterocycles. The second-order valence-electron chi connectivity index (χ2n) is 3.33. The van der Waals surface area contributed by atoms with Crippen LogP contribution in [0.5, 0.6) is 0 Å². The lowest BCUT2D eigenvalue weighted by Crippen LogP contribution is -1.96. The van der Waals surface area contributed by atoms with Gasteiger partial charge in [-0.25, -0.2) is 0 Å². The van der Waals surface area contributed by atoms with E-state index >= 15 is 0 Å². The zero-order valence-electron chi connectivity index (χ0n) is 5.31. The predicted molar refractivity (Wildman–Crippen MR) is 31.7 cm³/mol. The van der Waals surface area contributed by atoms with Gasteiger partial charge in [0, 0.05) is 0 Å². The minimum absolute atomic E-state index is 0.553. The van der Waals surface area contributed by atoms with E-state index in [0.717, 1.165) is 6.61 Å². The number of ether oxygens (including phenoxy) is 1. The Morgan fingerprint density at radius 3 is 2.50 bits per heavy atom. The Labute approximate surface area is 50.0 Å². The van der Waals surface area contributed by atoms with Gasteiger partial charge in [-0.05, 0) is 31.6 Å². The van der Waals surface area contributed by atoms with Gasteiger partial charge in [-0.15, -0.1) is 0 Å². The lowest BCUT2D eigenvalue weighted by molar-refractivity contribution is 0.118. The molecular weight excluding hydrogens is 100 g/mol. The van der Waals surface area contributed by atoms with E-state index in [4.69, 9.17) is 4.74 Å². The fraction of sp³-hybridized carbons (Fsp3) is 1.00. The van der Waals surface area contributed by atoms with Crippen LogP contribution in [-0.4, -0.2) is 12.7 Å². The molecule has 1 heterocycles. The summed E-state index contributed by atoms with van der Waals surface area (Å²) in [5, 5.41) is 0. The number of rotatable bonds is 0. The molecule has 8 heavy (non-hydrogen) atoms. The van der Waals surface area contributed by atoms with E-state index < -0.39 is 0 Å². The smallest absolute Gasteiger partial charge is 0.0553 e. The van der Waals surface area contributed by atoms with Crippen molar-refractivity contribution in [2.45, 2.75) is 32.3 Å². The third-order valence-corrected chi connectivity index (χ3v) is 2.35. The Hall–Kier alpha value is -0.0400. The predicted octanol–water partition coefficient (Wildman–Crippen LogP) is 1.58. The molecule has 0 radical (unpaired) electrons. The molecule has 0 aromatic heterocycles. The second-order valence-corrected chi connectivity index (χ2v) is 3.33.